The lowest BCUT2D eigenvalue weighted by atomic mass is 9.89. The Bertz CT molecular complexity index is 365. The molecule has 1 heterocycles. The van der Waals surface area contributed by atoms with Crippen molar-refractivity contribution in [3.05, 3.63) is 0 Å². The molecule has 1 unspecified atom stereocenters. The third kappa shape index (κ3) is 5.50. The highest BCUT2D eigenvalue weighted by atomic mass is 32.2. The lowest BCUT2D eigenvalue weighted by Gasteiger charge is -2.23. The second-order valence-electron chi connectivity index (χ2n) is 5.30. The molecule has 1 aliphatic rings. The van der Waals surface area contributed by atoms with Crippen LogP contribution in [0.4, 0.5) is 4.79 Å². The van der Waals surface area contributed by atoms with E-state index < -0.39 is 23.3 Å². The number of imide groups is 1. The molecule has 108 valence electrons. The van der Waals surface area contributed by atoms with Crippen LogP contribution in [0.3, 0.4) is 0 Å². The Labute approximate surface area is 116 Å². The first-order valence-corrected chi connectivity index (χ1v) is 7.38. The van der Waals surface area contributed by atoms with E-state index in [2.05, 4.69) is 10.6 Å². The van der Waals surface area contributed by atoms with Gasteiger partial charge in [0.2, 0.25) is 5.91 Å². The van der Waals surface area contributed by atoms with E-state index in [0.29, 0.717) is 0 Å². The van der Waals surface area contributed by atoms with Crippen LogP contribution in [0.15, 0.2) is 0 Å². The minimum absolute atomic E-state index is 0.0824. The summed E-state index contributed by atoms with van der Waals surface area (Å²) in [7, 11) is 0. The van der Waals surface area contributed by atoms with Crippen LogP contribution in [0.1, 0.15) is 33.1 Å². The maximum absolute atomic E-state index is 11.6. The fourth-order valence-corrected chi connectivity index (χ4v) is 2.80. The fourth-order valence-electron chi connectivity index (χ4n) is 1.72. The summed E-state index contributed by atoms with van der Waals surface area (Å²) in [4.78, 5) is 34.0. The molecule has 0 aromatic carbocycles. The van der Waals surface area contributed by atoms with Gasteiger partial charge in [-0.15, -0.1) is 0 Å². The highest BCUT2D eigenvalue weighted by Gasteiger charge is 2.30. The molecule has 0 aromatic rings. The third-order valence-corrected chi connectivity index (χ3v) is 4.15. The van der Waals surface area contributed by atoms with Gasteiger partial charge in [0.15, 0.2) is 0 Å². The summed E-state index contributed by atoms with van der Waals surface area (Å²) in [6.45, 7) is 2.90. The zero-order chi connectivity index (χ0) is 14.5. The second kappa shape index (κ2) is 6.79. The van der Waals surface area contributed by atoms with Crippen LogP contribution in [0.2, 0.25) is 0 Å². The third-order valence-electron chi connectivity index (χ3n) is 2.93. The number of carboxylic acids is 1. The van der Waals surface area contributed by atoms with Gasteiger partial charge in [0.1, 0.15) is 0 Å². The number of thioether (sulfide) groups is 1. The quantitative estimate of drug-likeness (QED) is 0.722. The molecule has 3 N–H and O–H groups in total. The van der Waals surface area contributed by atoms with Crippen molar-refractivity contribution in [2.75, 3.05) is 11.5 Å². The minimum Gasteiger partial charge on any atom is -0.481 e. The molecule has 1 atom stereocenters. The molecule has 0 saturated carbocycles. The van der Waals surface area contributed by atoms with Crippen LogP contribution in [0, 0.1) is 5.41 Å². The van der Waals surface area contributed by atoms with Gasteiger partial charge in [-0.2, -0.15) is 11.8 Å². The van der Waals surface area contributed by atoms with Crippen LogP contribution in [0.5, 0.6) is 0 Å². The number of hydrogen-bond acceptors (Lipinski definition) is 4. The Kier molecular flexibility index (Phi) is 5.65. The van der Waals surface area contributed by atoms with Gasteiger partial charge >= 0.3 is 12.0 Å². The summed E-state index contributed by atoms with van der Waals surface area (Å²) in [5, 5.41) is 13.8. The normalized spacial score (nSPS) is 19.6. The molecule has 0 spiro atoms. The van der Waals surface area contributed by atoms with E-state index in [4.69, 9.17) is 5.11 Å². The van der Waals surface area contributed by atoms with E-state index in [0.717, 1.165) is 24.3 Å². The van der Waals surface area contributed by atoms with Crippen LogP contribution in [0.25, 0.3) is 0 Å². The van der Waals surface area contributed by atoms with Crippen molar-refractivity contribution in [2.24, 2.45) is 5.41 Å². The average Bonchev–Trinajstić information content (AvgIpc) is 2.28. The largest absolute Gasteiger partial charge is 0.481 e. The van der Waals surface area contributed by atoms with Crippen molar-refractivity contribution >= 4 is 29.7 Å². The Hall–Kier alpha value is -1.24. The number of urea groups is 1. The molecule has 0 bridgehead atoms. The maximum atomic E-state index is 11.6. The average molecular weight is 288 g/mol. The summed E-state index contributed by atoms with van der Waals surface area (Å²) in [6.07, 6.45) is 1.74. The molecular formula is C12H20N2O4S. The topological polar surface area (TPSA) is 95.5 Å². The molecule has 3 amide bonds. The number of rotatable bonds is 4. The molecule has 1 fully saturated rings. The fraction of sp³-hybridized carbons (Fsp3) is 0.750. The summed E-state index contributed by atoms with van der Waals surface area (Å²) >= 11 is 1.77. The van der Waals surface area contributed by atoms with Gasteiger partial charge in [0.25, 0.3) is 0 Å². The maximum Gasteiger partial charge on any atom is 0.321 e. The van der Waals surface area contributed by atoms with Gasteiger partial charge in [0.05, 0.1) is 5.41 Å². The van der Waals surface area contributed by atoms with Crippen molar-refractivity contribution in [3.8, 4) is 0 Å². The molecule has 0 radical (unpaired) electrons. The van der Waals surface area contributed by atoms with E-state index in [1.54, 1.807) is 11.8 Å². The highest BCUT2D eigenvalue weighted by Crippen LogP contribution is 2.20. The number of nitrogens with one attached hydrogen (secondary N) is 2. The van der Waals surface area contributed by atoms with Crippen LogP contribution in [-0.2, 0) is 9.59 Å². The summed E-state index contributed by atoms with van der Waals surface area (Å²) in [6, 6.07) is -0.460. The van der Waals surface area contributed by atoms with E-state index >= 15 is 0 Å². The van der Waals surface area contributed by atoms with E-state index in [9.17, 15) is 14.4 Å². The molecule has 1 aliphatic heterocycles. The first kappa shape index (κ1) is 15.8. The standard InChI is InChI=1S/C12H20N2O4S/c1-12(2,10(16)17)6-9(15)14-11(18)13-8-4-3-5-19-7-8/h8H,3-7H2,1-2H3,(H,16,17)(H2,13,14,15,18). The first-order chi connectivity index (χ1) is 8.81. The molecule has 19 heavy (non-hydrogen) atoms. The van der Waals surface area contributed by atoms with Crippen LogP contribution < -0.4 is 10.6 Å². The minimum atomic E-state index is -1.18. The number of carbonyl (C=O) groups is 3. The molecule has 1 saturated heterocycles. The molecule has 0 aliphatic carbocycles. The van der Waals surface area contributed by atoms with E-state index in [1.807, 2.05) is 0 Å². The van der Waals surface area contributed by atoms with Crippen LogP contribution >= 0.6 is 11.8 Å². The monoisotopic (exact) mass is 288 g/mol. The first-order valence-electron chi connectivity index (χ1n) is 6.23. The van der Waals surface area contributed by atoms with Gasteiger partial charge in [-0.05, 0) is 32.4 Å². The molecule has 1 rings (SSSR count). The predicted molar refractivity (Wildman–Crippen MR) is 73.1 cm³/mol. The number of amides is 3. The Morgan fingerprint density at radius 2 is 2.05 bits per heavy atom. The molecule has 0 aromatic heterocycles. The van der Waals surface area contributed by atoms with Crippen molar-refractivity contribution in [2.45, 2.75) is 39.2 Å². The Morgan fingerprint density at radius 1 is 1.37 bits per heavy atom. The molecule has 6 nitrogen and oxygen atoms in total. The van der Waals surface area contributed by atoms with Gasteiger partial charge in [-0.1, -0.05) is 0 Å². The van der Waals surface area contributed by atoms with Gasteiger partial charge in [0, 0.05) is 18.2 Å². The summed E-state index contributed by atoms with van der Waals surface area (Å²) in [5.74, 6) is 0.313. The smallest absolute Gasteiger partial charge is 0.321 e. The lowest BCUT2D eigenvalue weighted by molar-refractivity contribution is -0.149. The van der Waals surface area contributed by atoms with Crippen molar-refractivity contribution in [1.82, 2.24) is 10.6 Å². The van der Waals surface area contributed by atoms with Gasteiger partial charge < -0.3 is 10.4 Å². The number of aliphatic carboxylic acids is 1. The summed E-state index contributed by atoms with van der Waals surface area (Å²) in [5.41, 5.74) is -1.18. The second-order valence-corrected chi connectivity index (χ2v) is 6.45. The van der Waals surface area contributed by atoms with E-state index in [1.165, 1.54) is 13.8 Å². The van der Waals surface area contributed by atoms with Crippen LogP contribution in [-0.4, -0.2) is 40.6 Å². The van der Waals surface area contributed by atoms with Crippen molar-refractivity contribution < 1.29 is 19.5 Å². The Morgan fingerprint density at radius 3 is 2.58 bits per heavy atom. The molecular weight excluding hydrogens is 268 g/mol. The summed E-state index contributed by atoms with van der Waals surface area (Å²) < 4.78 is 0. The molecule has 7 heteroatoms. The predicted octanol–water partition coefficient (Wildman–Crippen LogP) is 1.21. The number of carbonyl (C=O) groups excluding carboxylic acids is 2. The van der Waals surface area contributed by atoms with Gasteiger partial charge in [-0.3, -0.25) is 14.9 Å². The lowest BCUT2D eigenvalue weighted by Crippen LogP contribution is -2.47. The van der Waals surface area contributed by atoms with Gasteiger partial charge in [-0.25, -0.2) is 4.79 Å². The van der Waals surface area contributed by atoms with Crippen molar-refractivity contribution in [3.63, 3.8) is 0 Å². The number of carboxylic acid groups (broad SMARTS) is 1. The highest BCUT2D eigenvalue weighted by molar-refractivity contribution is 7.99. The Balaban J connectivity index is 2.35. The zero-order valence-electron chi connectivity index (χ0n) is 11.2. The van der Waals surface area contributed by atoms with Crippen molar-refractivity contribution in [1.29, 1.82) is 0 Å². The van der Waals surface area contributed by atoms with E-state index in [-0.39, 0.29) is 12.5 Å². The number of hydrogen-bond donors (Lipinski definition) is 3. The zero-order valence-corrected chi connectivity index (χ0v) is 12.0. The SMILES string of the molecule is CC(C)(CC(=O)NC(=O)NC1CCCSC1)C(=O)O.